The SMILES string of the molecule is COc1ccccc1CC(=O)NCc1cn(-c2ccncc2)nn1. The van der Waals surface area contributed by atoms with E-state index in [2.05, 4.69) is 20.6 Å². The van der Waals surface area contributed by atoms with Crippen molar-refractivity contribution in [2.24, 2.45) is 0 Å². The number of carbonyl (C=O) groups excluding carboxylic acids is 1. The summed E-state index contributed by atoms with van der Waals surface area (Å²) in [4.78, 5) is 16.1. The molecule has 1 N–H and O–H groups in total. The number of pyridine rings is 1. The lowest BCUT2D eigenvalue weighted by Crippen LogP contribution is -2.24. The van der Waals surface area contributed by atoms with Crippen LogP contribution in [0.25, 0.3) is 5.69 Å². The minimum absolute atomic E-state index is 0.0991. The Morgan fingerprint density at radius 3 is 2.79 bits per heavy atom. The lowest BCUT2D eigenvalue weighted by atomic mass is 10.1. The molecule has 3 rings (SSSR count). The summed E-state index contributed by atoms with van der Waals surface area (Å²) in [7, 11) is 1.59. The topological polar surface area (TPSA) is 81.9 Å². The van der Waals surface area contributed by atoms with E-state index in [0.29, 0.717) is 18.0 Å². The molecular formula is C17H17N5O2. The van der Waals surface area contributed by atoms with Crippen LogP contribution < -0.4 is 10.1 Å². The summed E-state index contributed by atoms with van der Waals surface area (Å²) in [6, 6.07) is 11.1. The van der Waals surface area contributed by atoms with E-state index in [0.717, 1.165) is 11.3 Å². The van der Waals surface area contributed by atoms with Crippen molar-refractivity contribution in [3.05, 3.63) is 66.2 Å². The number of ether oxygens (including phenoxy) is 1. The number of para-hydroxylation sites is 1. The number of nitrogens with one attached hydrogen (secondary N) is 1. The highest BCUT2D eigenvalue weighted by atomic mass is 16.5. The molecule has 0 saturated heterocycles. The largest absolute Gasteiger partial charge is 0.496 e. The Labute approximate surface area is 139 Å². The monoisotopic (exact) mass is 323 g/mol. The van der Waals surface area contributed by atoms with Gasteiger partial charge in [0.05, 0.1) is 32.0 Å². The molecule has 0 unspecified atom stereocenters. The third-order valence-electron chi connectivity index (χ3n) is 3.48. The highest BCUT2D eigenvalue weighted by molar-refractivity contribution is 5.79. The highest BCUT2D eigenvalue weighted by Crippen LogP contribution is 2.17. The number of hydrogen-bond acceptors (Lipinski definition) is 5. The second-order valence-corrected chi connectivity index (χ2v) is 5.13. The van der Waals surface area contributed by atoms with Gasteiger partial charge < -0.3 is 10.1 Å². The summed E-state index contributed by atoms with van der Waals surface area (Å²) in [5.74, 6) is 0.606. The number of carbonyl (C=O) groups is 1. The fourth-order valence-corrected chi connectivity index (χ4v) is 2.28. The van der Waals surface area contributed by atoms with Crippen molar-refractivity contribution >= 4 is 5.91 Å². The molecule has 3 aromatic rings. The maximum absolute atomic E-state index is 12.1. The molecule has 0 aliphatic rings. The molecule has 0 aliphatic carbocycles. The van der Waals surface area contributed by atoms with E-state index < -0.39 is 0 Å². The normalized spacial score (nSPS) is 10.4. The van der Waals surface area contributed by atoms with Gasteiger partial charge in [0.2, 0.25) is 5.91 Å². The summed E-state index contributed by atoms with van der Waals surface area (Å²) in [5.41, 5.74) is 2.39. The Hall–Kier alpha value is -3.22. The van der Waals surface area contributed by atoms with Crippen LogP contribution in [0.5, 0.6) is 5.75 Å². The van der Waals surface area contributed by atoms with Gasteiger partial charge in [0.1, 0.15) is 11.4 Å². The third kappa shape index (κ3) is 3.75. The maximum atomic E-state index is 12.1. The van der Waals surface area contributed by atoms with Gasteiger partial charge >= 0.3 is 0 Å². The van der Waals surface area contributed by atoms with Crippen LogP contribution >= 0.6 is 0 Å². The van der Waals surface area contributed by atoms with Gasteiger partial charge in [0, 0.05) is 18.0 Å². The van der Waals surface area contributed by atoms with Crippen LogP contribution in [0.2, 0.25) is 0 Å². The van der Waals surface area contributed by atoms with E-state index >= 15 is 0 Å². The lowest BCUT2D eigenvalue weighted by Gasteiger charge is -2.08. The fraction of sp³-hybridized carbons (Fsp3) is 0.176. The molecule has 2 aromatic heterocycles. The van der Waals surface area contributed by atoms with Crippen molar-refractivity contribution in [3.63, 3.8) is 0 Å². The molecular weight excluding hydrogens is 306 g/mol. The second kappa shape index (κ2) is 7.36. The number of amides is 1. The lowest BCUT2D eigenvalue weighted by molar-refractivity contribution is -0.120. The first-order valence-corrected chi connectivity index (χ1v) is 7.46. The molecule has 0 spiro atoms. The fourth-order valence-electron chi connectivity index (χ4n) is 2.28. The summed E-state index contributed by atoms with van der Waals surface area (Å²) in [6.07, 6.45) is 5.40. The Morgan fingerprint density at radius 2 is 2.00 bits per heavy atom. The van der Waals surface area contributed by atoms with Crippen LogP contribution in [0, 0.1) is 0 Å². The van der Waals surface area contributed by atoms with Gasteiger partial charge in [0.25, 0.3) is 0 Å². The van der Waals surface area contributed by atoms with Crippen LogP contribution in [0.4, 0.5) is 0 Å². The van der Waals surface area contributed by atoms with Gasteiger partial charge in [-0.25, -0.2) is 4.68 Å². The van der Waals surface area contributed by atoms with E-state index in [1.807, 2.05) is 36.4 Å². The Bertz CT molecular complexity index is 817. The van der Waals surface area contributed by atoms with Crippen molar-refractivity contribution in [2.75, 3.05) is 7.11 Å². The third-order valence-corrected chi connectivity index (χ3v) is 3.48. The molecule has 0 fully saturated rings. The average Bonchev–Trinajstić information content (AvgIpc) is 3.10. The van der Waals surface area contributed by atoms with Crippen LogP contribution in [0.15, 0.2) is 55.0 Å². The number of nitrogens with zero attached hydrogens (tertiary/aromatic N) is 4. The van der Waals surface area contributed by atoms with E-state index in [1.165, 1.54) is 0 Å². The summed E-state index contributed by atoms with van der Waals surface area (Å²) < 4.78 is 6.89. The predicted molar refractivity (Wildman–Crippen MR) is 87.7 cm³/mol. The smallest absolute Gasteiger partial charge is 0.224 e. The van der Waals surface area contributed by atoms with E-state index in [1.54, 1.807) is 30.4 Å². The van der Waals surface area contributed by atoms with Gasteiger partial charge in [-0.15, -0.1) is 5.10 Å². The minimum Gasteiger partial charge on any atom is -0.496 e. The molecule has 0 radical (unpaired) electrons. The highest BCUT2D eigenvalue weighted by Gasteiger charge is 2.09. The number of benzene rings is 1. The molecule has 2 heterocycles. The molecule has 0 saturated carbocycles. The molecule has 7 heteroatoms. The molecule has 0 atom stereocenters. The van der Waals surface area contributed by atoms with Crippen molar-refractivity contribution in [1.29, 1.82) is 0 Å². The van der Waals surface area contributed by atoms with E-state index in [4.69, 9.17) is 4.74 Å². The van der Waals surface area contributed by atoms with Gasteiger partial charge in [-0.2, -0.15) is 0 Å². The number of rotatable bonds is 6. The number of aromatic nitrogens is 4. The zero-order valence-electron chi connectivity index (χ0n) is 13.2. The minimum atomic E-state index is -0.0991. The quantitative estimate of drug-likeness (QED) is 0.744. The van der Waals surface area contributed by atoms with Crippen LogP contribution in [0.1, 0.15) is 11.3 Å². The predicted octanol–water partition coefficient (Wildman–Crippen LogP) is 1.53. The summed E-state index contributed by atoms with van der Waals surface area (Å²) in [6.45, 7) is 0.319. The Balaban J connectivity index is 1.58. The molecule has 0 aliphatic heterocycles. The van der Waals surface area contributed by atoms with Gasteiger partial charge in [-0.1, -0.05) is 23.4 Å². The van der Waals surface area contributed by atoms with Gasteiger partial charge in [0.15, 0.2) is 0 Å². The first-order chi connectivity index (χ1) is 11.8. The second-order valence-electron chi connectivity index (χ2n) is 5.13. The molecule has 0 bridgehead atoms. The zero-order chi connectivity index (χ0) is 16.8. The van der Waals surface area contributed by atoms with Crippen molar-refractivity contribution < 1.29 is 9.53 Å². The summed E-state index contributed by atoms with van der Waals surface area (Å²) in [5, 5.41) is 10.9. The molecule has 1 amide bonds. The zero-order valence-corrected chi connectivity index (χ0v) is 13.2. The Kier molecular flexibility index (Phi) is 4.81. The molecule has 7 nitrogen and oxygen atoms in total. The molecule has 1 aromatic carbocycles. The number of hydrogen-bond donors (Lipinski definition) is 1. The first-order valence-electron chi connectivity index (χ1n) is 7.46. The van der Waals surface area contributed by atoms with Crippen molar-refractivity contribution in [2.45, 2.75) is 13.0 Å². The Morgan fingerprint density at radius 1 is 1.21 bits per heavy atom. The maximum Gasteiger partial charge on any atom is 0.224 e. The molecule has 24 heavy (non-hydrogen) atoms. The van der Waals surface area contributed by atoms with Crippen molar-refractivity contribution in [3.8, 4) is 11.4 Å². The first kappa shape index (κ1) is 15.7. The van der Waals surface area contributed by atoms with Gasteiger partial charge in [-0.3, -0.25) is 9.78 Å². The van der Waals surface area contributed by atoms with Crippen molar-refractivity contribution in [1.82, 2.24) is 25.3 Å². The molecule has 122 valence electrons. The van der Waals surface area contributed by atoms with E-state index in [-0.39, 0.29) is 12.3 Å². The number of methoxy groups -OCH3 is 1. The van der Waals surface area contributed by atoms with Crippen LogP contribution in [-0.4, -0.2) is 33.0 Å². The standard InChI is InChI=1S/C17H17N5O2/c1-24-16-5-3-2-4-13(16)10-17(23)19-11-14-12-22(21-20-14)15-6-8-18-9-7-15/h2-9,12H,10-11H2,1H3,(H,19,23). The summed E-state index contributed by atoms with van der Waals surface area (Å²) >= 11 is 0. The average molecular weight is 323 g/mol. The van der Waals surface area contributed by atoms with Crippen LogP contribution in [-0.2, 0) is 17.8 Å². The van der Waals surface area contributed by atoms with E-state index in [9.17, 15) is 4.79 Å². The van der Waals surface area contributed by atoms with Gasteiger partial charge in [-0.05, 0) is 18.2 Å². The van der Waals surface area contributed by atoms with Crippen LogP contribution in [0.3, 0.4) is 0 Å².